The van der Waals surface area contributed by atoms with E-state index in [1.54, 1.807) is 18.1 Å². The van der Waals surface area contributed by atoms with Gasteiger partial charge in [-0.25, -0.2) is 0 Å². The van der Waals surface area contributed by atoms with Crippen LogP contribution in [-0.2, 0) is 15.7 Å². The lowest BCUT2D eigenvalue weighted by molar-refractivity contribution is -0.137. The Kier molecular flexibility index (Phi) is 6.12. The number of alkyl halides is 3. The van der Waals surface area contributed by atoms with Gasteiger partial charge in [0, 0.05) is 56.7 Å². The molecule has 2 aromatic rings. The third kappa shape index (κ3) is 4.51. The van der Waals surface area contributed by atoms with Crippen molar-refractivity contribution in [1.82, 2.24) is 25.5 Å². The average Bonchev–Trinajstić information content (AvgIpc) is 3.43. The standard InChI is InChI=1S/C20H25F3N6O2/c1-31-11-14-9-28(12-30)10-17(14)16-3-2-15(20(21,22)23)8-18(16)29-6-4-13(5-7-29)19-24-26-27-25-19/h2-3,8,12-14,17H,4-7,9-11H2,1H3,(H,24,25,26,27)/t14-,17+/m1/s1. The summed E-state index contributed by atoms with van der Waals surface area (Å²) in [5, 5.41) is 14.1. The predicted octanol–water partition coefficient (Wildman–Crippen LogP) is 2.42. The van der Waals surface area contributed by atoms with Crippen LogP contribution in [0.4, 0.5) is 18.9 Å². The van der Waals surface area contributed by atoms with Gasteiger partial charge in [0.05, 0.1) is 12.2 Å². The van der Waals surface area contributed by atoms with Gasteiger partial charge >= 0.3 is 6.18 Å². The Balaban J connectivity index is 1.64. The summed E-state index contributed by atoms with van der Waals surface area (Å²) in [6.45, 7) is 2.62. The van der Waals surface area contributed by atoms with E-state index in [1.165, 1.54) is 6.07 Å². The van der Waals surface area contributed by atoms with Gasteiger partial charge in [-0.2, -0.15) is 18.4 Å². The van der Waals surface area contributed by atoms with Crippen LogP contribution in [0.15, 0.2) is 18.2 Å². The molecule has 1 aromatic carbocycles. The summed E-state index contributed by atoms with van der Waals surface area (Å²) in [4.78, 5) is 15.0. The lowest BCUT2D eigenvalue weighted by atomic mass is 9.86. The predicted molar refractivity (Wildman–Crippen MR) is 106 cm³/mol. The third-order valence-corrected chi connectivity index (χ3v) is 6.32. The summed E-state index contributed by atoms with van der Waals surface area (Å²) >= 11 is 0. The molecule has 0 radical (unpaired) electrons. The number of anilines is 1. The zero-order valence-corrected chi connectivity index (χ0v) is 17.2. The van der Waals surface area contributed by atoms with Crippen molar-refractivity contribution in [2.75, 3.05) is 44.8 Å². The van der Waals surface area contributed by atoms with Gasteiger partial charge in [-0.3, -0.25) is 4.79 Å². The molecule has 0 bridgehead atoms. The quantitative estimate of drug-likeness (QED) is 0.697. The van der Waals surface area contributed by atoms with Crippen molar-refractivity contribution < 1.29 is 22.7 Å². The Bertz CT molecular complexity index is 884. The van der Waals surface area contributed by atoms with Gasteiger partial charge in [-0.05, 0) is 30.5 Å². The number of H-pyrrole nitrogens is 1. The number of likely N-dealkylation sites (tertiary alicyclic amines) is 1. The number of rotatable bonds is 6. The van der Waals surface area contributed by atoms with Gasteiger partial charge in [0.25, 0.3) is 0 Å². The molecule has 0 spiro atoms. The second-order valence-electron chi connectivity index (χ2n) is 8.18. The Hall–Kier alpha value is -2.69. The molecule has 1 N–H and O–H groups in total. The maximum Gasteiger partial charge on any atom is 0.416 e. The van der Waals surface area contributed by atoms with E-state index in [0.29, 0.717) is 44.3 Å². The van der Waals surface area contributed by atoms with Crippen molar-refractivity contribution in [1.29, 1.82) is 0 Å². The fourth-order valence-corrected chi connectivity index (χ4v) is 4.75. The average molecular weight is 438 g/mol. The molecule has 2 atom stereocenters. The SMILES string of the molecule is COC[C@H]1CN(C=O)C[C@@H]1c1ccc(C(F)(F)F)cc1N1CCC(c2nn[nH]n2)CC1. The van der Waals surface area contributed by atoms with E-state index in [4.69, 9.17) is 4.74 Å². The van der Waals surface area contributed by atoms with Crippen LogP contribution in [0.2, 0.25) is 0 Å². The highest BCUT2D eigenvalue weighted by molar-refractivity contribution is 5.59. The van der Waals surface area contributed by atoms with Crippen LogP contribution in [-0.4, -0.2) is 71.8 Å². The fourth-order valence-electron chi connectivity index (χ4n) is 4.75. The first kappa shape index (κ1) is 21.5. The maximum absolute atomic E-state index is 13.5. The number of aromatic amines is 1. The molecule has 2 aliphatic heterocycles. The van der Waals surface area contributed by atoms with Crippen LogP contribution in [0.3, 0.4) is 0 Å². The number of carbonyl (C=O) groups is 1. The third-order valence-electron chi connectivity index (χ3n) is 6.32. The Morgan fingerprint density at radius 3 is 2.65 bits per heavy atom. The number of ether oxygens (including phenoxy) is 1. The lowest BCUT2D eigenvalue weighted by Crippen LogP contribution is -2.34. The van der Waals surface area contributed by atoms with E-state index in [9.17, 15) is 18.0 Å². The summed E-state index contributed by atoms with van der Waals surface area (Å²) in [6.07, 6.45) is -2.18. The van der Waals surface area contributed by atoms with Crippen LogP contribution < -0.4 is 4.90 Å². The summed E-state index contributed by atoms with van der Waals surface area (Å²) in [6, 6.07) is 3.96. The smallest absolute Gasteiger partial charge is 0.384 e. The molecule has 1 aromatic heterocycles. The first-order chi connectivity index (χ1) is 14.9. The molecule has 168 valence electrons. The van der Waals surface area contributed by atoms with Gasteiger partial charge in [-0.1, -0.05) is 11.3 Å². The minimum atomic E-state index is -4.42. The number of methoxy groups -OCH3 is 1. The molecule has 31 heavy (non-hydrogen) atoms. The second kappa shape index (κ2) is 8.81. The molecule has 4 rings (SSSR count). The fraction of sp³-hybridized carbons (Fsp3) is 0.600. The van der Waals surface area contributed by atoms with Gasteiger partial charge in [0.15, 0.2) is 5.82 Å². The zero-order valence-electron chi connectivity index (χ0n) is 17.2. The molecule has 2 fully saturated rings. The second-order valence-corrected chi connectivity index (χ2v) is 8.18. The molecular weight excluding hydrogens is 413 g/mol. The number of amides is 1. The lowest BCUT2D eigenvalue weighted by Gasteiger charge is -2.35. The number of nitrogens with one attached hydrogen (secondary N) is 1. The molecule has 8 nitrogen and oxygen atoms in total. The van der Waals surface area contributed by atoms with E-state index < -0.39 is 11.7 Å². The van der Waals surface area contributed by atoms with E-state index in [2.05, 4.69) is 20.6 Å². The molecular formula is C20H25F3N6O2. The van der Waals surface area contributed by atoms with Crippen LogP contribution in [0.25, 0.3) is 0 Å². The first-order valence-corrected chi connectivity index (χ1v) is 10.3. The topological polar surface area (TPSA) is 87.2 Å². The summed E-state index contributed by atoms with van der Waals surface area (Å²) in [5.41, 5.74) is 0.748. The zero-order chi connectivity index (χ0) is 22.0. The molecule has 2 saturated heterocycles. The van der Waals surface area contributed by atoms with Crippen molar-refractivity contribution >= 4 is 12.1 Å². The number of carbonyl (C=O) groups excluding carboxylic acids is 1. The summed E-state index contributed by atoms with van der Waals surface area (Å²) in [5.74, 6) is 0.712. The largest absolute Gasteiger partial charge is 0.416 e. The molecule has 0 saturated carbocycles. The highest BCUT2D eigenvalue weighted by atomic mass is 19.4. The van der Waals surface area contributed by atoms with Gasteiger partial charge in [0.1, 0.15) is 0 Å². The Labute approximate surface area is 177 Å². The normalized spacial score (nSPS) is 22.8. The van der Waals surface area contributed by atoms with E-state index in [0.717, 1.165) is 30.9 Å². The Morgan fingerprint density at radius 2 is 2.03 bits per heavy atom. The highest BCUT2D eigenvalue weighted by Crippen LogP contribution is 2.42. The first-order valence-electron chi connectivity index (χ1n) is 10.3. The van der Waals surface area contributed by atoms with Crippen LogP contribution >= 0.6 is 0 Å². The number of hydrogen-bond acceptors (Lipinski definition) is 6. The molecule has 2 aliphatic rings. The number of hydrogen-bond donors (Lipinski definition) is 1. The van der Waals surface area contributed by atoms with E-state index >= 15 is 0 Å². The maximum atomic E-state index is 13.5. The van der Waals surface area contributed by atoms with Crippen molar-refractivity contribution in [2.24, 2.45) is 5.92 Å². The van der Waals surface area contributed by atoms with Crippen molar-refractivity contribution in [3.05, 3.63) is 35.2 Å². The number of nitrogens with zero attached hydrogens (tertiary/aromatic N) is 5. The number of benzene rings is 1. The molecule has 0 unspecified atom stereocenters. The minimum absolute atomic E-state index is 0.0301. The van der Waals surface area contributed by atoms with Gasteiger partial charge in [-0.15, -0.1) is 10.2 Å². The monoisotopic (exact) mass is 438 g/mol. The van der Waals surface area contributed by atoms with Gasteiger partial charge < -0.3 is 14.5 Å². The minimum Gasteiger partial charge on any atom is -0.384 e. The molecule has 11 heteroatoms. The number of halogens is 3. The van der Waals surface area contributed by atoms with Crippen molar-refractivity contribution in [2.45, 2.75) is 30.9 Å². The van der Waals surface area contributed by atoms with Crippen molar-refractivity contribution in [3.8, 4) is 0 Å². The number of aromatic nitrogens is 4. The number of piperidine rings is 1. The van der Waals surface area contributed by atoms with Crippen LogP contribution in [0, 0.1) is 5.92 Å². The Morgan fingerprint density at radius 1 is 1.26 bits per heavy atom. The van der Waals surface area contributed by atoms with Crippen LogP contribution in [0.1, 0.15) is 41.6 Å². The van der Waals surface area contributed by atoms with E-state index in [1.807, 2.05) is 4.90 Å². The number of tetrazole rings is 1. The van der Waals surface area contributed by atoms with Crippen LogP contribution in [0.5, 0.6) is 0 Å². The van der Waals surface area contributed by atoms with E-state index in [-0.39, 0.29) is 17.8 Å². The molecule has 1 amide bonds. The summed E-state index contributed by atoms with van der Waals surface area (Å²) in [7, 11) is 1.59. The molecule has 3 heterocycles. The van der Waals surface area contributed by atoms with Gasteiger partial charge in [0.2, 0.25) is 6.41 Å². The highest BCUT2D eigenvalue weighted by Gasteiger charge is 2.38. The molecule has 0 aliphatic carbocycles. The van der Waals surface area contributed by atoms with Crippen molar-refractivity contribution in [3.63, 3.8) is 0 Å². The summed E-state index contributed by atoms with van der Waals surface area (Å²) < 4.78 is 45.8.